The van der Waals surface area contributed by atoms with Crippen LogP contribution in [-0.4, -0.2) is 11.5 Å². The fraction of sp³-hybridized carbons (Fsp3) is 0.167. The maximum absolute atomic E-state index is 4.23. The van der Waals surface area contributed by atoms with Gasteiger partial charge in [-0.25, -0.2) is 0 Å². The molecular weight excluding hydrogens is 180 g/mol. The van der Waals surface area contributed by atoms with E-state index in [1.807, 2.05) is 6.20 Å². The van der Waals surface area contributed by atoms with Crippen molar-refractivity contribution in [2.45, 2.75) is 0 Å². The van der Waals surface area contributed by atoms with Crippen molar-refractivity contribution in [1.29, 1.82) is 0 Å². The zero-order chi connectivity index (χ0) is 6.27. The van der Waals surface area contributed by atoms with E-state index in [4.69, 9.17) is 0 Å². The van der Waals surface area contributed by atoms with Crippen LogP contribution in [0.15, 0.2) is 15.7 Å². The minimum absolute atomic E-state index is 0.820. The fourth-order valence-corrected chi connectivity index (χ4v) is 1.40. The van der Waals surface area contributed by atoms with Crippen LogP contribution < -0.4 is 10.7 Å². The molecular formula is C6H5BrN2. The number of rotatable bonds is 0. The lowest BCUT2D eigenvalue weighted by Gasteiger charge is -1.73. The summed E-state index contributed by atoms with van der Waals surface area (Å²) in [7, 11) is 0. The van der Waals surface area contributed by atoms with E-state index in [0.717, 1.165) is 21.7 Å². The standard InChI is InChI=1S/C6H5BrN2/c7-4-3-9-5-1-2-8-6(4)5/h1,3,9H,2H2. The SMILES string of the molecule is Brc1c[nH]c2c1=NCC=2. The Morgan fingerprint density at radius 1 is 1.67 bits per heavy atom. The second-order valence-electron chi connectivity index (χ2n) is 1.94. The lowest BCUT2D eigenvalue weighted by molar-refractivity contribution is 1.22. The van der Waals surface area contributed by atoms with Crippen molar-refractivity contribution in [1.82, 2.24) is 4.98 Å². The van der Waals surface area contributed by atoms with E-state index < -0.39 is 0 Å². The molecule has 3 heteroatoms. The number of nitrogens with zero attached hydrogens (tertiary/aromatic N) is 1. The molecule has 0 fully saturated rings. The summed E-state index contributed by atoms with van der Waals surface area (Å²) < 4.78 is 1.06. The molecule has 1 aliphatic heterocycles. The molecule has 1 N–H and O–H groups in total. The third-order valence-corrected chi connectivity index (χ3v) is 1.99. The number of halogens is 1. The number of aromatic amines is 1. The first-order valence-electron chi connectivity index (χ1n) is 2.75. The van der Waals surface area contributed by atoms with Crippen LogP contribution in [-0.2, 0) is 0 Å². The molecule has 0 aliphatic carbocycles. The Morgan fingerprint density at radius 2 is 2.56 bits per heavy atom. The van der Waals surface area contributed by atoms with E-state index in [1.54, 1.807) is 0 Å². The van der Waals surface area contributed by atoms with Crippen LogP contribution in [0.3, 0.4) is 0 Å². The summed E-state index contributed by atoms with van der Waals surface area (Å²) in [5, 5.41) is 2.21. The monoisotopic (exact) mass is 184 g/mol. The molecule has 46 valence electrons. The Kier molecular flexibility index (Phi) is 0.990. The highest BCUT2D eigenvalue weighted by atomic mass is 79.9. The molecule has 0 atom stereocenters. The smallest absolute Gasteiger partial charge is 0.0966 e. The number of nitrogens with one attached hydrogen (secondary N) is 1. The first-order valence-corrected chi connectivity index (χ1v) is 3.55. The maximum Gasteiger partial charge on any atom is 0.0966 e. The van der Waals surface area contributed by atoms with Crippen molar-refractivity contribution in [2.24, 2.45) is 4.99 Å². The van der Waals surface area contributed by atoms with Gasteiger partial charge >= 0.3 is 0 Å². The van der Waals surface area contributed by atoms with Gasteiger partial charge in [0.2, 0.25) is 0 Å². The summed E-state index contributed by atoms with van der Waals surface area (Å²) >= 11 is 3.37. The molecule has 0 saturated carbocycles. The predicted octanol–water partition coefficient (Wildman–Crippen LogP) is 0.191. The minimum Gasteiger partial charge on any atom is -0.359 e. The Bertz CT molecular complexity index is 336. The van der Waals surface area contributed by atoms with E-state index in [2.05, 4.69) is 32.0 Å². The zero-order valence-corrected chi connectivity index (χ0v) is 6.27. The van der Waals surface area contributed by atoms with Gasteiger partial charge in [-0.15, -0.1) is 0 Å². The van der Waals surface area contributed by atoms with E-state index in [-0.39, 0.29) is 0 Å². The van der Waals surface area contributed by atoms with Gasteiger partial charge in [-0.2, -0.15) is 0 Å². The Balaban J connectivity index is 3.01. The summed E-state index contributed by atoms with van der Waals surface area (Å²) in [6, 6.07) is 0. The van der Waals surface area contributed by atoms with Gasteiger partial charge in [-0.05, 0) is 22.0 Å². The number of fused-ring (bicyclic) bond motifs is 1. The highest BCUT2D eigenvalue weighted by Gasteiger charge is 1.98. The summed E-state index contributed by atoms with van der Waals surface area (Å²) in [6.45, 7) is 0.820. The van der Waals surface area contributed by atoms with Crippen molar-refractivity contribution in [3.63, 3.8) is 0 Å². The Hall–Kier alpha value is -0.570. The third-order valence-electron chi connectivity index (χ3n) is 1.38. The van der Waals surface area contributed by atoms with Gasteiger partial charge < -0.3 is 4.98 Å². The molecule has 0 amide bonds. The largest absolute Gasteiger partial charge is 0.359 e. The normalized spacial score (nSPS) is 14.3. The molecule has 9 heavy (non-hydrogen) atoms. The van der Waals surface area contributed by atoms with Crippen LogP contribution in [0.5, 0.6) is 0 Å². The van der Waals surface area contributed by atoms with Gasteiger partial charge in [0.15, 0.2) is 0 Å². The molecule has 1 aromatic rings. The molecule has 0 radical (unpaired) electrons. The molecule has 2 rings (SSSR count). The average Bonchev–Trinajstić information content (AvgIpc) is 2.35. The molecule has 2 nitrogen and oxygen atoms in total. The maximum atomic E-state index is 4.23. The highest BCUT2D eigenvalue weighted by Crippen LogP contribution is 1.97. The second kappa shape index (κ2) is 1.70. The lowest BCUT2D eigenvalue weighted by atomic mass is 10.5. The van der Waals surface area contributed by atoms with Crippen LogP contribution in [0.4, 0.5) is 0 Å². The first kappa shape index (κ1) is 5.23. The molecule has 0 bridgehead atoms. The van der Waals surface area contributed by atoms with Crippen molar-refractivity contribution < 1.29 is 0 Å². The van der Waals surface area contributed by atoms with E-state index in [1.165, 1.54) is 0 Å². The minimum atomic E-state index is 0.820. The summed E-state index contributed by atoms with van der Waals surface area (Å²) in [6.07, 6.45) is 3.98. The van der Waals surface area contributed by atoms with Crippen molar-refractivity contribution in [3.8, 4) is 0 Å². The number of hydrogen-bond acceptors (Lipinski definition) is 1. The Morgan fingerprint density at radius 3 is 3.33 bits per heavy atom. The van der Waals surface area contributed by atoms with Gasteiger partial charge in [-0.3, -0.25) is 4.99 Å². The Labute approximate surface area is 60.4 Å². The van der Waals surface area contributed by atoms with Gasteiger partial charge in [0.25, 0.3) is 0 Å². The summed E-state index contributed by atoms with van der Waals surface area (Å²) in [5.41, 5.74) is 0. The zero-order valence-electron chi connectivity index (χ0n) is 4.69. The first-order chi connectivity index (χ1) is 4.38. The quantitative estimate of drug-likeness (QED) is 0.597. The number of H-pyrrole nitrogens is 1. The van der Waals surface area contributed by atoms with Gasteiger partial charge in [-0.1, -0.05) is 0 Å². The molecule has 0 saturated heterocycles. The van der Waals surface area contributed by atoms with Crippen LogP contribution in [0, 0.1) is 0 Å². The number of aromatic nitrogens is 1. The third kappa shape index (κ3) is 0.645. The summed E-state index contributed by atoms with van der Waals surface area (Å²) in [5.74, 6) is 0. The van der Waals surface area contributed by atoms with Crippen molar-refractivity contribution in [3.05, 3.63) is 21.4 Å². The van der Waals surface area contributed by atoms with Crippen LogP contribution in [0.1, 0.15) is 0 Å². The lowest BCUT2D eigenvalue weighted by Crippen LogP contribution is -2.18. The molecule has 1 aromatic heterocycles. The van der Waals surface area contributed by atoms with E-state index >= 15 is 0 Å². The molecule has 1 aliphatic rings. The second-order valence-corrected chi connectivity index (χ2v) is 2.80. The van der Waals surface area contributed by atoms with Gasteiger partial charge in [0.05, 0.1) is 21.7 Å². The molecule has 0 aromatic carbocycles. The highest BCUT2D eigenvalue weighted by molar-refractivity contribution is 9.10. The molecule has 0 spiro atoms. The van der Waals surface area contributed by atoms with Crippen molar-refractivity contribution >= 4 is 22.0 Å². The van der Waals surface area contributed by atoms with Gasteiger partial charge in [0, 0.05) is 6.20 Å². The average molecular weight is 185 g/mol. The van der Waals surface area contributed by atoms with Crippen LogP contribution >= 0.6 is 15.9 Å². The topological polar surface area (TPSA) is 28.1 Å². The molecule has 0 unspecified atom stereocenters. The van der Waals surface area contributed by atoms with E-state index in [0.29, 0.717) is 0 Å². The van der Waals surface area contributed by atoms with Crippen LogP contribution in [0.2, 0.25) is 0 Å². The number of hydrogen-bond donors (Lipinski definition) is 1. The van der Waals surface area contributed by atoms with Crippen molar-refractivity contribution in [2.75, 3.05) is 6.54 Å². The summed E-state index contributed by atoms with van der Waals surface area (Å²) in [4.78, 5) is 7.31. The van der Waals surface area contributed by atoms with Gasteiger partial charge in [0.1, 0.15) is 0 Å². The molecule has 2 heterocycles. The fourth-order valence-electron chi connectivity index (χ4n) is 0.951. The predicted molar refractivity (Wildman–Crippen MR) is 38.6 cm³/mol. The van der Waals surface area contributed by atoms with Crippen LogP contribution in [0.25, 0.3) is 6.08 Å². The van der Waals surface area contributed by atoms with E-state index in [9.17, 15) is 0 Å².